The van der Waals surface area contributed by atoms with Gasteiger partial charge in [-0.15, -0.1) is 0 Å². The van der Waals surface area contributed by atoms with Gasteiger partial charge < -0.3 is 10.2 Å². The molecule has 3 rings (SSSR count). The Bertz CT molecular complexity index is 1400. The minimum absolute atomic E-state index is 0.00934. The lowest BCUT2D eigenvalue weighted by Crippen LogP contribution is -2.53. The largest absolute Gasteiger partial charge is 0.352 e. The van der Waals surface area contributed by atoms with Crippen LogP contribution in [0.15, 0.2) is 77.7 Å². The molecule has 0 spiro atoms. The van der Waals surface area contributed by atoms with Gasteiger partial charge in [0.1, 0.15) is 18.4 Å². The van der Waals surface area contributed by atoms with Crippen LogP contribution in [-0.2, 0) is 26.2 Å². The van der Waals surface area contributed by atoms with Gasteiger partial charge in [-0.3, -0.25) is 13.9 Å². The third kappa shape index (κ3) is 7.82. The Morgan fingerprint density at radius 2 is 1.52 bits per heavy atom. The molecule has 2 unspecified atom stereocenters. The molecule has 0 saturated heterocycles. The lowest BCUT2D eigenvalue weighted by molar-refractivity contribution is -0.140. The van der Waals surface area contributed by atoms with Crippen molar-refractivity contribution in [2.45, 2.75) is 64.1 Å². The van der Waals surface area contributed by atoms with Gasteiger partial charge in [-0.1, -0.05) is 55.3 Å². The van der Waals surface area contributed by atoms with Crippen LogP contribution in [0.5, 0.6) is 0 Å². The number of sulfonamides is 1. The first-order valence-corrected chi connectivity index (χ1v) is 15.0. The van der Waals surface area contributed by atoms with Crippen molar-refractivity contribution in [1.82, 2.24) is 10.2 Å². The van der Waals surface area contributed by atoms with Crippen LogP contribution in [0, 0.1) is 12.7 Å². The molecule has 0 aromatic heterocycles. The first-order valence-electron chi connectivity index (χ1n) is 13.2. The average molecular weight is 588 g/mol. The number of nitrogens with one attached hydrogen (secondary N) is 1. The van der Waals surface area contributed by atoms with Crippen molar-refractivity contribution in [2.75, 3.05) is 10.8 Å². The number of aryl methyl sites for hydroxylation is 1. The lowest BCUT2D eigenvalue weighted by atomic mass is 10.1. The van der Waals surface area contributed by atoms with Crippen molar-refractivity contribution in [1.29, 1.82) is 0 Å². The Morgan fingerprint density at radius 3 is 2.08 bits per heavy atom. The maximum atomic E-state index is 14.0. The van der Waals surface area contributed by atoms with Crippen molar-refractivity contribution in [3.63, 3.8) is 0 Å². The Hall–Kier alpha value is -3.43. The number of halogens is 2. The smallest absolute Gasteiger partial charge is 0.264 e. The average Bonchev–Trinajstić information content (AvgIpc) is 2.93. The van der Waals surface area contributed by atoms with Crippen molar-refractivity contribution in [3.8, 4) is 0 Å². The van der Waals surface area contributed by atoms with Gasteiger partial charge in [0.05, 0.1) is 10.6 Å². The molecule has 0 aliphatic carbocycles. The molecular formula is C30H35ClFN3O4S. The Labute approximate surface area is 241 Å². The molecule has 0 fully saturated rings. The van der Waals surface area contributed by atoms with Gasteiger partial charge in [0.2, 0.25) is 11.8 Å². The predicted octanol–water partition coefficient (Wildman–Crippen LogP) is 5.70. The molecule has 0 heterocycles. The van der Waals surface area contributed by atoms with Crippen molar-refractivity contribution in [2.24, 2.45) is 0 Å². The number of hydrogen-bond acceptors (Lipinski definition) is 4. The summed E-state index contributed by atoms with van der Waals surface area (Å²) in [6, 6.07) is 17.1. The molecule has 0 aliphatic heterocycles. The normalized spacial score (nSPS) is 12.8. The molecule has 0 radical (unpaired) electrons. The van der Waals surface area contributed by atoms with E-state index in [2.05, 4.69) is 5.32 Å². The Morgan fingerprint density at radius 1 is 0.925 bits per heavy atom. The SMILES string of the molecule is CCC(C)NC(=O)C(CC)N(Cc1ccc(F)cc1)C(=O)CN(c1ccc(Cl)cc1)S(=O)(=O)c1ccc(C)cc1. The minimum atomic E-state index is -4.17. The highest BCUT2D eigenvalue weighted by molar-refractivity contribution is 7.92. The van der Waals surface area contributed by atoms with Gasteiger partial charge in [-0.2, -0.15) is 0 Å². The fourth-order valence-corrected chi connectivity index (χ4v) is 5.66. The maximum Gasteiger partial charge on any atom is 0.264 e. The summed E-state index contributed by atoms with van der Waals surface area (Å²) >= 11 is 6.06. The van der Waals surface area contributed by atoms with Crippen LogP contribution in [0.2, 0.25) is 5.02 Å². The van der Waals surface area contributed by atoms with E-state index >= 15 is 0 Å². The fourth-order valence-electron chi connectivity index (χ4n) is 4.12. The summed E-state index contributed by atoms with van der Waals surface area (Å²) in [6.45, 7) is 6.86. The lowest BCUT2D eigenvalue weighted by Gasteiger charge is -2.33. The van der Waals surface area contributed by atoms with Gasteiger partial charge in [0.25, 0.3) is 10.0 Å². The van der Waals surface area contributed by atoms with Gasteiger partial charge in [0, 0.05) is 17.6 Å². The van der Waals surface area contributed by atoms with Crippen LogP contribution < -0.4 is 9.62 Å². The standard InChI is InChI=1S/C30H35ClFN3O4S/c1-5-22(4)33-30(37)28(6-2)34(19-23-9-13-25(32)14-10-23)29(36)20-35(26-15-11-24(31)12-16-26)40(38,39)27-17-7-21(3)8-18-27/h7-18,22,28H,5-6,19-20H2,1-4H3,(H,33,37). The first-order chi connectivity index (χ1) is 19.0. The molecule has 0 saturated carbocycles. The highest BCUT2D eigenvalue weighted by Gasteiger charge is 2.34. The van der Waals surface area contributed by atoms with E-state index in [1.54, 1.807) is 31.2 Å². The summed E-state index contributed by atoms with van der Waals surface area (Å²) in [5.41, 5.74) is 1.73. The summed E-state index contributed by atoms with van der Waals surface area (Å²) in [7, 11) is -4.17. The first kappa shape index (κ1) is 31.1. The van der Waals surface area contributed by atoms with E-state index in [4.69, 9.17) is 11.6 Å². The summed E-state index contributed by atoms with van der Waals surface area (Å²) in [6.07, 6.45) is 0.994. The zero-order chi connectivity index (χ0) is 29.4. The molecule has 2 atom stereocenters. The number of hydrogen-bond donors (Lipinski definition) is 1. The third-order valence-corrected chi connectivity index (χ3v) is 8.70. The predicted molar refractivity (Wildman–Crippen MR) is 156 cm³/mol. The van der Waals surface area contributed by atoms with Crippen LogP contribution in [0.25, 0.3) is 0 Å². The number of nitrogens with zero attached hydrogens (tertiary/aromatic N) is 2. The van der Waals surface area contributed by atoms with E-state index < -0.39 is 34.3 Å². The van der Waals surface area contributed by atoms with Crippen LogP contribution in [0.3, 0.4) is 0 Å². The number of rotatable bonds is 12. The summed E-state index contributed by atoms with van der Waals surface area (Å²) in [5.74, 6) is -1.35. The van der Waals surface area contributed by atoms with E-state index in [0.717, 1.165) is 9.87 Å². The van der Waals surface area contributed by atoms with E-state index in [9.17, 15) is 22.4 Å². The summed E-state index contributed by atoms with van der Waals surface area (Å²) in [5, 5.41) is 3.33. The molecule has 0 bridgehead atoms. The molecule has 2 amide bonds. The summed E-state index contributed by atoms with van der Waals surface area (Å²) in [4.78, 5) is 28.6. The second-order valence-electron chi connectivity index (χ2n) is 9.69. The van der Waals surface area contributed by atoms with Crippen LogP contribution in [0.1, 0.15) is 44.7 Å². The van der Waals surface area contributed by atoms with Crippen LogP contribution >= 0.6 is 11.6 Å². The highest BCUT2D eigenvalue weighted by Crippen LogP contribution is 2.26. The van der Waals surface area contributed by atoms with Crippen molar-refractivity contribution < 1.29 is 22.4 Å². The number of carbonyl (C=O) groups excluding carboxylic acids is 2. The van der Waals surface area contributed by atoms with E-state index in [0.29, 0.717) is 23.4 Å². The molecule has 3 aromatic rings. The van der Waals surface area contributed by atoms with E-state index in [-0.39, 0.29) is 29.1 Å². The number of anilines is 1. The molecule has 40 heavy (non-hydrogen) atoms. The number of benzene rings is 3. The highest BCUT2D eigenvalue weighted by atomic mass is 35.5. The zero-order valence-electron chi connectivity index (χ0n) is 23.1. The Balaban J connectivity index is 2.04. The van der Waals surface area contributed by atoms with E-state index in [1.165, 1.54) is 53.4 Å². The maximum absolute atomic E-state index is 14.0. The Kier molecular flexibility index (Phi) is 10.7. The van der Waals surface area contributed by atoms with Crippen LogP contribution in [0.4, 0.5) is 10.1 Å². The molecule has 10 heteroatoms. The van der Waals surface area contributed by atoms with Gasteiger partial charge >= 0.3 is 0 Å². The molecule has 3 aromatic carbocycles. The third-order valence-electron chi connectivity index (χ3n) is 6.66. The van der Waals surface area contributed by atoms with Crippen LogP contribution in [-0.4, -0.2) is 43.8 Å². The topological polar surface area (TPSA) is 86.8 Å². The molecule has 0 aliphatic rings. The minimum Gasteiger partial charge on any atom is -0.352 e. The monoisotopic (exact) mass is 587 g/mol. The molecule has 7 nitrogen and oxygen atoms in total. The second-order valence-corrected chi connectivity index (χ2v) is 12.0. The molecular weight excluding hydrogens is 553 g/mol. The molecule has 214 valence electrons. The van der Waals surface area contributed by atoms with Crippen molar-refractivity contribution >= 4 is 39.1 Å². The fraction of sp³-hybridized carbons (Fsp3) is 0.333. The van der Waals surface area contributed by atoms with Gasteiger partial charge in [-0.25, -0.2) is 12.8 Å². The zero-order valence-corrected chi connectivity index (χ0v) is 24.7. The van der Waals surface area contributed by atoms with Gasteiger partial charge in [-0.05, 0) is 80.8 Å². The number of amides is 2. The second kappa shape index (κ2) is 13.8. The number of carbonyl (C=O) groups is 2. The van der Waals surface area contributed by atoms with E-state index in [1.807, 2.05) is 20.8 Å². The molecule has 1 N–H and O–H groups in total. The quantitative estimate of drug-likeness (QED) is 0.294. The van der Waals surface area contributed by atoms with Gasteiger partial charge in [0.15, 0.2) is 0 Å². The van der Waals surface area contributed by atoms with Crippen molar-refractivity contribution in [3.05, 3.63) is 94.8 Å². The summed E-state index contributed by atoms with van der Waals surface area (Å²) < 4.78 is 42.3.